The zero-order chi connectivity index (χ0) is 17.0. The fraction of sp³-hybridized carbons (Fsp3) is 0.500. The standard InChI is InChI=1S/C16H24N4O3/c1-16(2,3)23-15(21)18-8-5-9-22-11-6-7-12-13(10-11)20(4)14(17)19-12/h6-7,10H,5,8-9H2,1-4H3,(H2,17,19)(H,18,21)/p-1. The molecule has 7 heteroatoms. The number of anilines is 1. The Morgan fingerprint density at radius 2 is 2.13 bits per heavy atom. The molecular formula is C16H23N4O3-. The van der Waals surface area contributed by atoms with Gasteiger partial charge in [0.2, 0.25) is 5.95 Å². The largest absolute Gasteiger partial charge is 0.595 e. The van der Waals surface area contributed by atoms with Gasteiger partial charge in [0.1, 0.15) is 11.8 Å². The zero-order valence-electron chi connectivity index (χ0n) is 14.0. The van der Waals surface area contributed by atoms with Gasteiger partial charge in [0, 0.05) is 31.7 Å². The number of hydrogen-bond donors (Lipinski definition) is 1. The molecule has 0 aliphatic rings. The van der Waals surface area contributed by atoms with Crippen LogP contribution in [0.3, 0.4) is 0 Å². The lowest BCUT2D eigenvalue weighted by Crippen LogP contribution is -2.32. The Morgan fingerprint density at radius 1 is 1.39 bits per heavy atom. The van der Waals surface area contributed by atoms with Crippen LogP contribution in [0.15, 0.2) is 23.2 Å². The molecule has 1 heterocycles. The summed E-state index contributed by atoms with van der Waals surface area (Å²) < 4.78 is 12.6. The maximum Gasteiger partial charge on any atom is 0.200 e. The van der Waals surface area contributed by atoms with Gasteiger partial charge in [-0.1, -0.05) is 20.8 Å². The topological polar surface area (TPSA) is 97.7 Å². The number of nitrogen functional groups attached to an aromatic ring is 1. The van der Waals surface area contributed by atoms with Gasteiger partial charge in [0.05, 0.1) is 17.6 Å². The van der Waals surface area contributed by atoms with E-state index in [9.17, 15) is 5.11 Å². The average molecular weight is 319 g/mol. The summed E-state index contributed by atoms with van der Waals surface area (Å²) in [7, 11) is 1.86. The van der Waals surface area contributed by atoms with Crippen LogP contribution in [0.1, 0.15) is 27.2 Å². The van der Waals surface area contributed by atoms with Crippen molar-refractivity contribution in [2.75, 3.05) is 18.9 Å². The third kappa shape index (κ3) is 4.77. The summed E-state index contributed by atoms with van der Waals surface area (Å²) in [5, 5.41) is 11.4. The lowest BCUT2D eigenvalue weighted by molar-refractivity contribution is -0.260. The predicted octanol–water partition coefficient (Wildman–Crippen LogP) is 1.46. The van der Waals surface area contributed by atoms with E-state index in [4.69, 9.17) is 15.2 Å². The van der Waals surface area contributed by atoms with Crippen molar-refractivity contribution in [3.63, 3.8) is 0 Å². The molecule has 23 heavy (non-hydrogen) atoms. The fourth-order valence-electron chi connectivity index (χ4n) is 2.00. The first-order valence-corrected chi connectivity index (χ1v) is 7.51. The average Bonchev–Trinajstić information content (AvgIpc) is 2.72. The molecule has 2 N–H and O–H groups in total. The third-order valence-electron chi connectivity index (χ3n) is 3.09. The van der Waals surface area contributed by atoms with E-state index in [0.717, 1.165) is 16.8 Å². The highest BCUT2D eigenvalue weighted by molar-refractivity contribution is 5.79. The van der Waals surface area contributed by atoms with E-state index in [1.807, 2.05) is 46.0 Å². The van der Waals surface area contributed by atoms with Crippen molar-refractivity contribution in [3.8, 4) is 5.75 Å². The third-order valence-corrected chi connectivity index (χ3v) is 3.09. The number of ether oxygens (including phenoxy) is 2. The zero-order valence-corrected chi connectivity index (χ0v) is 14.0. The van der Waals surface area contributed by atoms with Gasteiger partial charge >= 0.3 is 0 Å². The number of fused-ring (bicyclic) bond motifs is 1. The molecule has 0 saturated carbocycles. The van der Waals surface area contributed by atoms with Crippen LogP contribution in [0, 0.1) is 0 Å². The van der Waals surface area contributed by atoms with E-state index < -0.39 is 11.7 Å². The summed E-state index contributed by atoms with van der Waals surface area (Å²) in [4.78, 5) is 8.07. The van der Waals surface area contributed by atoms with Crippen molar-refractivity contribution in [2.24, 2.45) is 12.0 Å². The number of nitrogens with two attached hydrogens (primary N) is 1. The maximum absolute atomic E-state index is 11.4. The van der Waals surface area contributed by atoms with Crippen molar-refractivity contribution in [3.05, 3.63) is 18.2 Å². The van der Waals surface area contributed by atoms with Gasteiger partial charge in [-0.2, -0.15) is 0 Å². The number of nitrogens with zero attached hydrogens (tertiary/aromatic N) is 3. The summed E-state index contributed by atoms with van der Waals surface area (Å²) in [6.45, 7) is 6.27. The molecule has 0 aliphatic heterocycles. The van der Waals surface area contributed by atoms with Crippen LogP contribution in [0.5, 0.6) is 5.75 Å². The Balaban J connectivity index is 1.83. The first-order valence-electron chi connectivity index (χ1n) is 7.51. The summed E-state index contributed by atoms with van der Waals surface area (Å²) in [6.07, 6.45) is 0.0921. The SMILES string of the molecule is Cn1c(N)nc2ccc(OCCCN=C([O-])OC(C)(C)C)cc21. The molecule has 0 aliphatic carbocycles. The van der Waals surface area contributed by atoms with Crippen LogP contribution in [0.4, 0.5) is 5.95 Å². The van der Waals surface area contributed by atoms with Crippen molar-refractivity contribution in [1.82, 2.24) is 9.55 Å². The predicted molar refractivity (Wildman–Crippen MR) is 88.4 cm³/mol. The molecule has 1 aromatic heterocycles. The minimum absolute atomic E-state index is 0.371. The Hall–Kier alpha value is -2.44. The Bertz CT molecular complexity index is 701. The first-order chi connectivity index (χ1) is 10.8. The van der Waals surface area contributed by atoms with E-state index >= 15 is 0 Å². The highest BCUT2D eigenvalue weighted by Gasteiger charge is 2.06. The highest BCUT2D eigenvalue weighted by Crippen LogP contribution is 2.22. The highest BCUT2D eigenvalue weighted by atomic mass is 16.6. The molecule has 7 nitrogen and oxygen atoms in total. The van der Waals surface area contributed by atoms with Gasteiger partial charge in [-0.25, -0.2) is 4.98 Å². The Labute approximate surface area is 135 Å². The van der Waals surface area contributed by atoms with Gasteiger partial charge in [0.25, 0.3) is 0 Å². The lowest BCUT2D eigenvalue weighted by atomic mass is 10.2. The molecule has 0 unspecified atom stereocenters. The van der Waals surface area contributed by atoms with Crippen LogP contribution in [-0.4, -0.2) is 34.4 Å². The van der Waals surface area contributed by atoms with Crippen molar-refractivity contribution in [1.29, 1.82) is 0 Å². The minimum Gasteiger partial charge on any atom is -0.595 e. The van der Waals surface area contributed by atoms with E-state index in [2.05, 4.69) is 9.98 Å². The number of aromatic nitrogens is 2. The van der Waals surface area contributed by atoms with Gasteiger partial charge in [-0.15, -0.1) is 0 Å². The molecule has 126 valence electrons. The van der Waals surface area contributed by atoms with Crippen LogP contribution >= 0.6 is 0 Å². The monoisotopic (exact) mass is 319 g/mol. The molecule has 0 saturated heterocycles. The summed E-state index contributed by atoms with van der Waals surface area (Å²) >= 11 is 0. The quantitative estimate of drug-likeness (QED) is 0.511. The number of aliphatic imine (C=N–C) groups is 1. The Morgan fingerprint density at radius 3 is 2.83 bits per heavy atom. The van der Waals surface area contributed by atoms with Gasteiger partial charge < -0.3 is 24.9 Å². The van der Waals surface area contributed by atoms with Gasteiger partial charge in [-0.05, 0) is 12.1 Å². The van der Waals surface area contributed by atoms with Gasteiger partial charge in [0.15, 0.2) is 0 Å². The molecule has 1 aromatic carbocycles. The number of aryl methyl sites for hydroxylation is 1. The fourth-order valence-corrected chi connectivity index (χ4v) is 2.00. The maximum atomic E-state index is 11.4. The number of imidazole rings is 1. The summed E-state index contributed by atoms with van der Waals surface area (Å²) in [5.41, 5.74) is 7.00. The molecule has 0 amide bonds. The van der Waals surface area contributed by atoms with Gasteiger partial charge in [-0.3, -0.25) is 4.99 Å². The van der Waals surface area contributed by atoms with Crippen molar-refractivity contribution >= 4 is 23.1 Å². The molecule has 2 rings (SSSR count). The molecular weight excluding hydrogens is 296 g/mol. The number of benzene rings is 1. The van der Waals surface area contributed by atoms with Crippen LogP contribution in [-0.2, 0) is 11.8 Å². The number of hydrogen-bond acceptors (Lipinski definition) is 6. The molecule has 0 fully saturated rings. The van der Waals surface area contributed by atoms with Crippen LogP contribution < -0.4 is 15.6 Å². The Kier molecular flexibility index (Phi) is 4.98. The molecule has 0 spiro atoms. The van der Waals surface area contributed by atoms with Crippen LogP contribution in [0.2, 0.25) is 0 Å². The van der Waals surface area contributed by atoms with Crippen LogP contribution in [0.25, 0.3) is 11.0 Å². The first kappa shape index (κ1) is 16.9. The number of rotatable bonds is 5. The minimum atomic E-state index is -0.538. The van der Waals surface area contributed by atoms with Crippen molar-refractivity contribution < 1.29 is 14.6 Å². The van der Waals surface area contributed by atoms with E-state index in [1.54, 1.807) is 4.57 Å². The summed E-state index contributed by atoms with van der Waals surface area (Å²) in [5.74, 6) is 1.20. The van der Waals surface area contributed by atoms with Crippen molar-refractivity contribution in [2.45, 2.75) is 32.8 Å². The second-order valence-corrected chi connectivity index (χ2v) is 6.24. The normalized spacial score (nSPS) is 12.6. The molecule has 0 bridgehead atoms. The van der Waals surface area contributed by atoms with E-state index in [1.165, 1.54) is 0 Å². The van der Waals surface area contributed by atoms with E-state index in [0.29, 0.717) is 25.5 Å². The smallest absolute Gasteiger partial charge is 0.200 e. The second-order valence-electron chi connectivity index (χ2n) is 6.24. The molecule has 0 radical (unpaired) electrons. The molecule has 2 aromatic rings. The molecule has 0 atom stereocenters. The summed E-state index contributed by atoms with van der Waals surface area (Å²) in [6, 6.07) is 5.61. The second kappa shape index (κ2) is 6.76. The lowest BCUT2D eigenvalue weighted by Gasteiger charge is -2.29. The van der Waals surface area contributed by atoms with E-state index in [-0.39, 0.29) is 0 Å².